The molecule has 0 spiro atoms. The average Bonchev–Trinajstić information content (AvgIpc) is 2.67. The molecule has 0 amide bonds. The standard InChI is InChI=1S/C16H13N3O8S2/c17-11-6-9(29(23,24)25)7-12(16(11)21)18-19-14-13(28-27-26-22)5-8-3-1-2-4-10(8)15(14)20/h1-7,20-22H,17H2,(H,23,24,25). The Morgan fingerprint density at radius 1 is 1.03 bits per heavy atom. The van der Waals surface area contributed by atoms with Gasteiger partial charge >= 0.3 is 0 Å². The summed E-state index contributed by atoms with van der Waals surface area (Å²) in [6, 6.07) is 10.0. The molecule has 0 unspecified atom stereocenters. The number of benzene rings is 3. The Balaban J connectivity index is 2.15. The van der Waals surface area contributed by atoms with Crippen molar-refractivity contribution in [2.24, 2.45) is 10.2 Å². The van der Waals surface area contributed by atoms with Gasteiger partial charge in [0.15, 0.2) is 11.5 Å². The molecular formula is C16H13N3O8S2. The number of nitrogen functional groups attached to an aromatic ring is 1. The Labute approximate surface area is 167 Å². The van der Waals surface area contributed by atoms with E-state index in [0.29, 0.717) is 22.8 Å². The van der Waals surface area contributed by atoms with E-state index in [-0.39, 0.29) is 27.7 Å². The predicted octanol–water partition coefficient (Wildman–Crippen LogP) is 3.92. The van der Waals surface area contributed by atoms with E-state index < -0.39 is 20.8 Å². The van der Waals surface area contributed by atoms with Crippen molar-refractivity contribution in [2.45, 2.75) is 9.79 Å². The van der Waals surface area contributed by atoms with Gasteiger partial charge in [0.2, 0.25) is 0 Å². The van der Waals surface area contributed by atoms with Gasteiger partial charge in [-0.3, -0.25) is 4.55 Å². The Kier molecular flexibility index (Phi) is 5.88. The van der Waals surface area contributed by atoms with Gasteiger partial charge in [0.1, 0.15) is 11.4 Å². The Morgan fingerprint density at radius 2 is 1.76 bits per heavy atom. The van der Waals surface area contributed by atoms with Crippen molar-refractivity contribution in [3.63, 3.8) is 0 Å². The lowest BCUT2D eigenvalue weighted by Gasteiger charge is -2.09. The van der Waals surface area contributed by atoms with Crippen molar-refractivity contribution < 1.29 is 37.8 Å². The number of phenols is 2. The predicted molar refractivity (Wildman–Crippen MR) is 103 cm³/mol. The largest absolute Gasteiger partial charge is 0.505 e. The van der Waals surface area contributed by atoms with Crippen LogP contribution in [0.3, 0.4) is 0 Å². The zero-order chi connectivity index (χ0) is 21.2. The number of nitrogens with two attached hydrogens (primary N) is 1. The van der Waals surface area contributed by atoms with Crippen LogP contribution in [0.1, 0.15) is 0 Å². The summed E-state index contributed by atoms with van der Waals surface area (Å²) in [5.74, 6) is -0.875. The molecule has 152 valence electrons. The molecule has 3 aromatic carbocycles. The van der Waals surface area contributed by atoms with E-state index in [1.807, 2.05) is 0 Å². The van der Waals surface area contributed by atoms with Crippen LogP contribution in [0, 0.1) is 0 Å². The van der Waals surface area contributed by atoms with Crippen LogP contribution in [0.5, 0.6) is 11.5 Å². The van der Waals surface area contributed by atoms with Crippen molar-refractivity contribution in [3.8, 4) is 11.5 Å². The van der Waals surface area contributed by atoms with Crippen LogP contribution >= 0.6 is 12.0 Å². The van der Waals surface area contributed by atoms with E-state index >= 15 is 0 Å². The van der Waals surface area contributed by atoms with Gasteiger partial charge in [0, 0.05) is 5.39 Å². The van der Waals surface area contributed by atoms with E-state index in [1.165, 1.54) is 0 Å². The number of rotatable bonds is 6. The van der Waals surface area contributed by atoms with Crippen LogP contribution in [0.4, 0.5) is 17.1 Å². The van der Waals surface area contributed by atoms with E-state index in [9.17, 15) is 23.2 Å². The van der Waals surface area contributed by atoms with Crippen LogP contribution in [0.25, 0.3) is 10.8 Å². The van der Waals surface area contributed by atoms with E-state index in [1.54, 1.807) is 30.3 Å². The maximum Gasteiger partial charge on any atom is 0.294 e. The lowest BCUT2D eigenvalue weighted by Crippen LogP contribution is -1.99. The second kappa shape index (κ2) is 8.20. The van der Waals surface area contributed by atoms with Crippen LogP contribution in [-0.2, 0) is 19.5 Å². The fourth-order valence-electron chi connectivity index (χ4n) is 2.45. The molecule has 0 saturated heterocycles. The third-order valence-corrected chi connectivity index (χ3v) is 5.21. The molecule has 0 atom stereocenters. The Bertz CT molecular complexity index is 1210. The number of fused-ring (bicyclic) bond motifs is 1. The molecule has 3 aromatic rings. The first kappa shape index (κ1) is 20.8. The van der Waals surface area contributed by atoms with Gasteiger partial charge in [-0.1, -0.05) is 29.3 Å². The first-order chi connectivity index (χ1) is 13.7. The van der Waals surface area contributed by atoms with Crippen molar-refractivity contribution in [1.82, 2.24) is 0 Å². The Morgan fingerprint density at radius 3 is 2.45 bits per heavy atom. The normalized spacial score (nSPS) is 12.1. The van der Waals surface area contributed by atoms with Gasteiger partial charge in [0.25, 0.3) is 10.1 Å². The summed E-state index contributed by atoms with van der Waals surface area (Å²) in [6.45, 7) is 0. The molecule has 0 aliphatic carbocycles. The van der Waals surface area contributed by atoms with Crippen molar-refractivity contribution in [3.05, 3.63) is 42.5 Å². The average molecular weight is 439 g/mol. The van der Waals surface area contributed by atoms with E-state index in [2.05, 4.69) is 19.6 Å². The number of nitrogens with zero attached hydrogens (tertiary/aromatic N) is 2. The van der Waals surface area contributed by atoms with Crippen molar-refractivity contribution in [1.29, 1.82) is 0 Å². The summed E-state index contributed by atoms with van der Waals surface area (Å²) >= 11 is 0.517. The zero-order valence-electron chi connectivity index (χ0n) is 14.3. The zero-order valence-corrected chi connectivity index (χ0v) is 15.9. The summed E-state index contributed by atoms with van der Waals surface area (Å²) in [5, 5.41) is 41.2. The van der Waals surface area contributed by atoms with Crippen LogP contribution < -0.4 is 5.73 Å². The minimum Gasteiger partial charge on any atom is -0.505 e. The highest BCUT2D eigenvalue weighted by Crippen LogP contribution is 2.44. The molecule has 0 aromatic heterocycles. The number of anilines is 1. The molecule has 0 aliphatic heterocycles. The lowest BCUT2D eigenvalue weighted by molar-refractivity contribution is -0.432. The van der Waals surface area contributed by atoms with E-state index in [0.717, 1.165) is 12.1 Å². The number of phenolic OH excluding ortho intramolecular Hbond substituents is 2. The molecular weight excluding hydrogens is 426 g/mol. The monoisotopic (exact) mass is 439 g/mol. The summed E-state index contributed by atoms with van der Waals surface area (Å²) in [7, 11) is -4.62. The quantitative estimate of drug-likeness (QED) is 0.0717. The van der Waals surface area contributed by atoms with Gasteiger partial charge in [-0.25, -0.2) is 5.26 Å². The molecule has 3 rings (SSSR count). The fourth-order valence-corrected chi connectivity index (χ4v) is 3.48. The van der Waals surface area contributed by atoms with Crippen LogP contribution in [0.15, 0.2) is 62.5 Å². The van der Waals surface area contributed by atoms with E-state index in [4.69, 9.17) is 11.0 Å². The number of azo groups is 1. The summed E-state index contributed by atoms with van der Waals surface area (Å²) < 4.78 is 36.3. The highest BCUT2D eigenvalue weighted by atomic mass is 32.2. The number of hydrogen-bond acceptors (Lipinski definition) is 11. The second-order valence-corrected chi connectivity index (χ2v) is 7.74. The topological polar surface area (TPSA) is 184 Å². The molecule has 11 nitrogen and oxygen atoms in total. The third-order valence-electron chi connectivity index (χ3n) is 3.76. The molecule has 13 heteroatoms. The number of hydrogen-bond donors (Lipinski definition) is 5. The summed E-state index contributed by atoms with van der Waals surface area (Å²) in [6.07, 6.45) is 0. The summed E-state index contributed by atoms with van der Waals surface area (Å²) in [5.41, 5.74) is 4.69. The van der Waals surface area contributed by atoms with Gasteiger partial charge in [0.05, 0.1) is 27.5 Å². The highest BCUT2D eigenvalue weighted by Gasteiger charge is 2.18. The van der Waals surface area contributed by atoms with Gasteiger partial charge in [-0.05, 0) is 23.6 Å². The SMILES string of the molecule is Nc1cc(S(=O)(=O)O)cc(N=Nc2c(SOOO)cc3ccccc3c2O)c1O. The smallest absolute Gasteiger partial charge is 0.294 e. The third kappa shape index (κ3) is 4.40. The van der Waals surface area contributed by atoms with Gasteiger partial charge < -0.3 is 15.9 Å². The van der Waals surface area contributed by atoms with Gasteiger partial charge in [-0.15, -0.1) is 14.6 Å². The van der Waals surface area contributed by atoms with Crippen LogP contribution in [-0.4, -0.2) is 28.4 Å². The molecule has 29 heavy (non-hydrogen) atoms. The Hall–Kier alpha value is -2.94. The first-order valence-electron chi connectivity index (χ1n) is 7.63. The van der Waals surface area contributed by atoms with Gasteiger partial charge in [-0.2, -0.15) is 8.42 Å². The first-order valence-corrected chi connectivity index (χ1v) is 9.81. The molecule has 0 heterocycles. The maximum atomic E-state index is 11.3. The highest BCUT2D eigenvalue weighted by molar-refractivity contribution is 7.94. The minimum absolute atomic E-state index is 0.124. The second-order valence-electron chi connectivity index (χ2n) is 5.57. The van der Waals surface area contributed by atoms with Crippen LogP contribution in [0.2, 0.25) is 0 Å². The molecule has 0 radical (unpaired) electrons. The molecule has 0 bridgehead atoms. The minimum atomic E-state index is -4.62. The summed E-state index contributed by atoms with van der Waals surface area (Å²) in [4.78, 5) is -0.423. The molecule has 0 aliphatic rings. The maximum absolute atomic E-state index is 11.3. The van der Waals surface area contributed by atoms with Crippen molar-refractivity contribution in [2.75, 3.05) is 5.73 Å². The molecule has 0 saturated carbocycles. The molecule has 6 N–H and O–H groups in total. The lowest BCUT2D eigenvalue weighted by atomic mass is 10.1. The number of aromatic hydroxyl groups is 2. The molecule has 0 fully saturated rings. The fraction of sp³-hybridized carbons (Fsp3) is 0. The van der Waals surface area contributed by atoms with Crippen molar-refractivity contribution >= 4 is 50.0 Å².